The molecule has 1 aromatic rings. The molecule has 1 aliphatic carbocycles. The Morgan fingerprint density at radius 2 is 1.86 bits per heavy atom. The molecule has 0 spiro atoms. The van der Waals surface area contributed by atoms with Crippen molar-refractivity contribution in [3.05, 3.63) is 27.8 Å². The summed E-state index contributed by atoms with van der Waals surface area (Å²) < 4.78 is 10.4. The van der Waals surface area contributed by atoms with Gasteiger partial charge in [0.15, 0.2) is 11.5 Å². The first-order chi connectivity index (χ1) is 10.1. The Labute approximate surface area is 134 Å². The van der Waals surface area contributed by atoms with E-state index in [4.69, 9.17) is 15.2 Å². The Morgan fingerprint density at radius 3 is 2.45 bits per heavy atom. The topological polar surface area (TPSA) is 108 Å². The summed E-state index contributed by atoms with van der Waals surface area (Å²) in [6, 6.07) is 2.03. The number of benzene rings is 1. The fourth-order valence-corrected chi connectivity index (χ4v) is 3.15. The lowest BCUT2D eigenvalue weighted by molar-refractivity contribution is -0.385. The Balaban J connectivity index is 0.00000176. The Bertz CT molecular complexity index is 562. The Hall–Kier alpha value is -1.57. The van der Waals surface area contributed by atoms with Crippen LogP contribution >= 0.6 is 12.4 Å². The van der Waals surface area contributed by atoms with Gasteiger partial charge >= 0.3 is 0 Å². The minimum absolute atomic E-state index is 0. The number of fused-ring (bicyclic) bond motifs is 1. The quantitative estimate of drug-likeness (QED) is 0.647. The number of hydrogen-bond donors (Lipinski definition) is 2. The Morgan fingerprint density at radius 1 is 1.27 bits per heavy atom. The number of ether oxygens (including phenoxy) is 2. The molecule has 0 radical (unpaired) electrons. The van der Waals surface area contributed by atoms with Crippen LogP contribution in [-0.4, -0.2) is 22.9 Å². The van der Waals surface area contributed by atoms with Crippen molar-refractivity contribution in [1.82, 2.24) is 0 Å². The lowest BCUT2D eigenvalue weighted by Crippen LogP contribution is -2.32. The van der Waals surface area contributed by atoms with Crippen molar-refractivity contribution in [2.75, 3.05) is 6.79 Å². The van der Waals surface area contributed by atoms with Crippen LogP contribution < -0.4 is 15.2 Å². The van der Waals surface area contributed by atoms with Crippen molar-refractivity contribution < 1.29 is 19.5 Å². The van der Waals surface area contributed by atoms with Crippen molar-refractivity contribution >= 4 is 18.1 Å². The molecular weight excluding hydrogens is 312 g/mol. The summed E-state index contributed by atoms with van der Waals surface area (Å²) >= 11 is 0. The molecule has 1 saturated carbocycles. The number of halogens is 1. The first-order valence-corrected chi connectivity index (χ1v) is 7.09. The van der Waals surface area contributed by atoms with Crippen LogP contribution in [0.15, 0.2) is 12.1 Å². The maximum absolute atomic E-state index is 11.2. The summed E-state index contributed by atoms with van der Waals surface area (Å²) in [5.74, 6) is 0.878. The van der Waals surface area contributed by atoms with E-state index in [1.54, 1.807) is 0 Å². The minimum atomic E-state index is -0.803. The minimum Gasteiger partial charge on any atom is -0.454 e. The van der Waals surface area contributed by atoms with E-state index in [1.165, 1.54) is 12.1 Å². The summed E-state index contributed by atoms with van der Waals surface area (Å²) in [5, 5.41) is 21.6. The molecule has 1 aromatic carbocycles. The molecule has 3 N–H and O–H groups in total. The molecule has 0 aromatic heterocycles. The van der Waals surface area contributed by atoms with Crippen LogP contribution in [0, 0.1) is 16.0 Å². The number of aliphatic hydroxyl groups is 1. The summed E-state index contributed by atoms with van der Waals surface area (Å²) in [5.41, 5.74) is 6.26. The van der Waals surface area contributed by atoms with Crippen LogP contribution in [0.25, 0.3) is 0 Å². The normalized spacial score (nSPS) is 19.5. The van der Waals surface area contributed by atoms with Crippen molar-refractivity contribution in [1.29, 1.82) is 0 Å². The standard InChI is InChI=1S/C14H18N2O5.ClH/c15-13(14(17)8-3-1-2-4-8)9-5-11-12(21-7-20-11)6-10(9)16(18)19;/h5-6,8,13-14,17H,1-4,7,15H2;1H/t13-,14+;/m0./s1. The fourth-order valence-electron chi connectivity index (χ4n) is 3.15. The maximum Gasteiger partial charge on any atom is 0.278 e. The van der Waals surface area contributed by atoms with Gasteiger partial charge in [0.1, 0.15) is 0 Å². The average molecular weight is 331 g/mol. The predicted octanol–water partition coefficient (Wildman–Crippen LogP) is 2.30. The Kier molecular flexibility index (Phi) is 5.10. The molecule has 1 heterocycles. The van der Waals surface area contributed by atoms with Gasteiger partial charge in [0.2, 0.25) is 6.79 Å². The van der Waals surface area contributed by atoms with Crippen molar-refractivity contribution in [3.8, 4) is 11.5 Å². The van der Waals surface area contributed by atoms with E-state index in [2.05, 4.69) is 0 Å². The molecule has 2 atom stereocenters. The average Bonchev–Trinajstić information content (AvgIpc) is 3.14. The summed E-state index contributed by atoms with van der Waals surface area (Å²) in [7, 11) is 0. The number of nitro benzene ring substituents is 1. The van der Waals surface area contributed by atoms with Crippen LogP contribution in [0.2, 0.25) is 0 Å². The van der Waals surface area contributed by atoms with Gasteiger partial charge in [-0.15, -0.1) is 12.4 Å². The van der Waals surface area contributed by atoms with Gasteiger partial charge in [-0.05, 0) is 24.8 Å². The van der Waals surface area contributed by atoms with Gasteiger partial charge in [0.05, 0.1) is 28.7 Å². The molecule has 0 amide bonds. The van der Waals surface area contributed by atoms with Crippen molar-refractivity contribution in [2.24, 2.45) is 11.7 Å². The first-order valence-electron chi connectivity index (χ1n) is 7.09. The van der Waals surface area contributed by atoms with Gasteiger partial charge in [0.25, 0.3) is 5.69 Å². The summed E-state index contributed by atoms with van der Waals surface area (Å²) in [6.07, 6.45) is 3.17. The molecule has 1 fully saturated rings. The third-order valence-corrected chi connectivity index (χ3v) is 4.33. The predicted molar refractivity (Wildman–Crippen MR) is 81.4 cm³/mol. The molecule has 0 bridgehead atoms. The largest absolute Gasteiger partial charge is 0.454 e. The van der Waals surface area contributed by atoms with Crippen LogP contribution in [-0.2, 0) is 0 Å². The highest BCUT2D eigenvalue weighted by Crippen LogP contribution is 2.42. The summed E-state index contributed by atoms with van der Waals surface area (Å²) in [6.45, 7) is 0.0381. The molecule has 0 saturated heterocycles. The van der Waals surface area contributed by atoms with Gasteiger partial charge < -0.3 is 20.3 Å². The molecule has 7 nitrogen and oxygen atoms in total. The third kappa shape index (κ3) is 2.97. The zero-order valence-corrected chi connectivity index (χ0v) is 12.8. The van der Waals surface area contributed by atoms with Crippen molar-refractivity contribution in [3.63, 3.8) is 0 Å². The second-order valence-corrected chi connectivity index (χ2v) is 5.58. The van der Waals surface area contributed by atoms with E-state index in [0.717, 1.165) is 25.7 Å². The number of rotatable bonds is 4. The van der Waals surface area contributed by atoms with Gasteiger partial charge in [-0.3, -0.25) is 10.1 Å². The van der Waals surface area contributed by atoms with E-state index >= 15 is 0 Å². The van der Waals surface area contributed by atoms with Crippen LogP contribution in [0.5, 0.6) is 11.5 Å². The fraction of sp³-hybridized carbons (Fsp3) is 0.571. The number of nitrogens with two attached hydrogens (primary N) is 1. The highest BCUT2D eigenvalue weighted by Gasteiger charge is 2.34. The van der Waals surface area contributed by atoms with Gasteiger partial charge in [-0.25, -0.2) is 0 Å². The van der Waals surface area contributed by atoms with Gasteiger partial charge in [-0.2, -0.15) is 0 Å². The van der Waals surface area contributed by atoms with E-state index in [1.807, 2.05) is 0 Å². The lowest BCUT2D eigenvalue weighted by Gasteiger charge is -2.24. The van der Waals surface area contributed by atoms with E-state index in [0.29, 0.717) is 17.1 Å². The smallest absolute Gasteiger partial charge is 0.278 e. The van der Waals surface area contributed by atoms with Crippen LogP contribution in [0.1, 0.15) is 37.3 Å². The number of hydrogen-bond acceptors (Lipinski definition) is 6. The molecule has 2 aliphatic rings. The molecule has 8 heteroatoms. The molecule has 3 rings (SSSR count). The van der Waals surface area contributed by atoms with E-state index < -0.39 is 17.1 Å². The third-order valence-electron chi connectivity index (χ3n) is 4.33. The molecular formula is C14H19ClN2O5. The second-order valence-electron chi connectivity index (χ2n) is 5.58. The zero-order valence-electron chi connectivity index (χ0n) is 11.9. The highest BCUT2D eigenvalue weighted by molar-refractivity contribution is 5.85. The van der Waals surface area contributed by atoms with Gasteiger partial charge in [-0.1, -0.05) is 12.8 Å². The van der Waals surface area contributed by atoms with Crippen LogP contribution in [0.4, 0.5) is 5.69 Å². The molecule has 122 valence electrons. The zero-order chi connectivity index (χ0) is 15.0. The summed E-state index contributed by atoms with van der Waals surface area (Å²) in [4.78, 5) is 10.7. The monoisotopic (exact) mass is 330 g/mol. The molecule has 22 heavy (non-hydrogen) atoms. The maximum atomic E-state index is 11.2. The second kappa shape index (κ2) is 6.68. The van der Waals surface area contributed by atoms with E-state index in [-0.39, 0.29) is 30.8 Å². The number of aliphatic hydroxyl groups excluding tert-OH is 1. The first kappa shape index (κ1) is 16.8. The van der Waals surface area contributed by atoms with Crippen LogP contribution in [0.3, 0.4) is 0 Å². The van der Waals surface area contributed by atoms with Crippen molar-refractivity contribution in [2.45, 2.75) is 37.8 Å². The lowest BCUT2D eigenvalue weighted by atomic mass is 9.90. The molecule has 0 unspecified atom stereocenters. The SMILES string of the molecule is Cl.N[C@@H](c1cc2c(cc1[N+](=O)[O-])OCO2)[C@H](O)C1CCCC1. The van der Waals surface area contributed by atoms with E-state index in [9.17, 15) is 15.2 Å². The highest BCUT2D eigenvalue weighted by atomic mass is 35.5. The number of nitrogens with zero attached hydrogens (tertiary/aromatic N) is 1. The molecule has 1 aliphatic heterocycles. The number of nitro groups is 1. The van der Waals surface area contributed by atoms with Gasteiger partial charge in [0, 0.05) is 0 Å².